The number of ether oxygens (including phenoxy) is 1. The zero-order valence-corrected chi connectivity index (χ0v) is 10.8. The van der Waals surface area contributed by atoms with E-state index in [0.717, 1.165) is 0 Å². The highest BCUT2D eigenvalue weighted by atomic mass is 79.9. The second kappa shape index (κ2) is 6.24. The summed E-state index contributed by atoms with van der Waals surface area (Å²) in [7, 11) is 0. The minimum atomic E-state index is -1.06. The smallest absolute Gasteiger partial charge is 0.336 e. The largest absolute Gasteiger partial charge is 0.484 e. The molecule has 1 rings (SSSR count). The molecule has 0 aliphatic carbocycles. The summed E-state index contributed by atoms with van der Waals surface area (Å²) in [6, 6.07) is 4.53. The SMILES string of the molecule is CCNC(=O)COc1ccc(Br)c(C(=O)O)c1. The van der Waals surface area contributed by atoms with E-state index in [2.05, 4.69) is 21.2 Å². The van der Waals surface area contributed by atoms with Crippen LogP contribution in [-0.2, 0) is 4.79 Å². The fourth-order valence-electron chi connectivity index (χ4n) is 1.16. The molecule has 0 fully saturated rings. The summed E-state index contributed by atoms with van der Waals surface area (Å²) in [6.07, 6.45) is 0. The number of carboxylic acid groups (broad SMARTS) is 1. The van der Waals surface area contributed by atoms with Gasteiger partial charge in [-0.1, -0.05) is 0 Å². The van der Waals surface area contributed by atoms with Gasteiger partial charge in [-0.2, -0.15) is 0 Å². The lowest BCUT2D eigenvalue weighted by Gasteiger charge is -2.07. The van der Waals surface area contributed by atoms with Gasteiger partial charge in [-0.05, 0) is 41.1 Å². The van der Waals surface area contributed by atoms with Crippen molar-refractivity contribution in [3.05, 3.63) is 28.2 Å². The predicted molar refractivity (Wildman–Crippen MR) is 65.3 cm³/mol. The first-order valence-electron chi connectivity index (χ1n) is 4.97. The standard InChI is InChI=1S/C11H12BrNO4/c1-2-13-10(14)6-17-7-3-4-9(12)8(5-7)11(15)16/h3-5H,2,6H2,1H3,(H,13,14)(H,15,16). The van der Waals surface area contributed by atoms with Crippen LogP contribution in [-0.4, -0.2) is 30.1 Å². The van der Waals surface area contributed by atoms with Crippen LogP contribution >= 0.6 is 15.9 Å². The van der Waals surface area contributed by atoms with E-state index >= 15 is 0 Å². The highest BCUT2D eigenvalue weighted by Gasteiger charge is 2.10. The number of nitrogens with one attached hydrogen (secondary N) is 1. The molecule has 0 aliphatic heterocycles. The molecule has 0 bridgehead atoms. The molecule has 6 heteroatoms. The van der Waals surface area contributed by atoms with Crippen LogP contribution in [0.25, 0.3) is 0 Å². The van der Waals surface area contributed by atoms with Gasteiger partial charge in [0.05, 0.1) is 5.56 Å². The average molecular weight is 302 g/mol. The Morgan fingerprint density at radius 1 is 1.47 bits per heavy atom. The molecule has 0 saturated heterocycles. The number of benzene rings is 1. The predicted octanol–water partition coefficient (Wildman–Crippen LogP) is 1.66. The van der Waals surface area contributed by atoms with Crippen molar-refractivity contribution in [3.8, 4) is 5.75 Å². The van der Waals surface area contributed by atoms with Crippen LogP contribution in [0.15, 0.2) is 22.7 Å². The van der Waals surface area contributed by atoms with E-state index < -0.39 is 5.97 Å². The summed E-state index contributed by atoms with van der Waals surface area (Å²) >= 11 is 3.12. The first-order valence-corrected chi connectivity index (χ1v) is 5.76. The summed E-state index contributed by atoms with van der Waals surface area (Å²) < 4.78 is 5.64. The molecule has 5 nitrogen and oxygen atoms in total. The number of carboxylic acids is 1. The van der Waals surface area contributed by atoms with Gasteiger partial charge in [0.2, 0.25) is 0 Å². The number of aromatic carboxylic acids is 1. The highest BCUT2D eigenvalue weighted by molar-refractivity contribution is 9.10. The van der Waals surface area contributed by atoms with Crippen molar-refractivity contribution in [1.82, 2.24) is 5.32 Å². The first-order chi connectivity index (χ1) is 8.04. The summed E-state index contributed by atoms with van der Waals surface area (Å²) in [5, 5.41) is 11.5. The topological polar surface area (TPSA) is 75.6 Å². The minimum Gasteiger partial charge on any atom is -0.484 e. The average Bonchev–Trinajstić information content (AvgIpc) is 2.28. The lowest BCUT2D eigenvalue weighted by molar-refractivity contribution is -0.122. The molecule has 0 unspecified atom stereocenters. The van der Waals surface area contributed by atoms with Crippen molar-refractivity contribution in [1.29, 1.82) is 0 Å². The van der Waals surface area contributed by atoms with Crippen molar-refractivity contribution in [2.45, 2.75) is 6.92 Å². The van der Waals surface area contributed by atoms with E-state index in [4.69, 9.17) is 9.84 Å². The quantitative estimate of drug-likeness (QED) is 0.867. The van der Waals surface area contributed by atoms with Crippen LogP contribution in [0.5, 0.6) is 5.75 Å². The van der Waals surface area contributed by atoms with Crippen molar-refractivity contribution >= 4 is 27.8 Å². The molecule has 2 N–H and O–H groups in total. The minimum absolute atomic E-state index is 0.0957. The normalized spacial score (nSPS) is 9.76. The molecule has 0 spiro atoms. The molecule has 17 heavy (non-hydrogen) atoms. The number of rotatable bonds is 5. The lowest BCUT2D eigenvalue weighted by Crippen LogP contribution is -2.28. The lowest BCUT2D eigenvalue weighted by atomic mass is 10.2. The van der Waals surface area contributed by atoms with Gasteiger partial charge in [0.1, 0.15) is 5.75 Å². The van der Waals surface area contributed by atoms with Crippen LogP contribution in [0.4, 0.5) is 0 Å². The van der Waals surface area contributed by atoms with Crippen LogP contribution in [0.3, 0.4) is 0 Å². The molecule has 0 heterocycles. The van der Waals surface area contributed by atoms with Gasteiger partial charge in [-0.25, -0.2) is 4.79 Å². The Morgan fingerprint density at radius 3 is 2.76 bits per heavy atom. The van der Waals surface area contributed by atoms with Gasteiger partial charge in [-0.3, -0.25) is 4.79 Å². The molecule has 1 amide bonds. The molecular weight excluding hydrogens is 290 g/mol. The molecule has 0 aliphatic rings. The summed E-state index contributed by atoms with van der Waals surface area (Å²) in [6.45, 7) is 2.21. The maximum absolute atomic E-state index is 11.1. The fraction of sp³-hybridized carbons (Fsp3) is 0.273. The maximum atomic E-state index is 11.1. The van der Waals surface area contributed by atoms with E-state index in [1.165, 1.54) is 6.07 Å². The summed E-state index contributed by atoms with van der Waals surface area (Å²) in [5.41, 5.74) is 0.0957. The van der Waals surface area contributed by atoms with Crippen LogP contribution < -0.4 is 10.1 Å². The Hall–Kier alpha value is -1.56. The van der Waals surface area contributed by atoms with Crippen molar-refractivity contribution < 1.29 is 19.4 Å². The summed E-state index contributed by atoms with van der Waals surface area (Å²) in [5.74, 6) is -0.954. The van der Waals surface area contributed by atoms with Crippen LogP contribution in [0.2, 0.25) is 0 Å². The molecule has 0 radical (unpaired) electrons. The summed E-state index contributed by atoms with van der Waals surface area (Å²) in [4.78, 5) is 22.0. The molecule has 0 saturated carbocycles. The van der Waals surface area contributed by atoms with Crippen LogP contribution in [0, 0.1) is 0 Å². The third-order valence-corrected chi connectivity index (χ3v) is 2.60. The Kier molecular flexibility index (Phi) is 4.96. The van der Waals surface area contributed by atoms with Crippen molar-refractivity contribution in [3.63, 3.8) is 0 Å². The van der Waals surface area contributed by atoms with Crippen molar-refractivity contribution in [2.24, 2.45) is 0 Å². The molecule has 0 aromatic heterocycles. The Bertz CT molecular complexity index is 433. The second-order valence-electron chi connectivity index (χ2n) is 3.19. The number of halogens is 1. The van der Waals surface area contributed by atoms with E-state index in [1.807, 2.05) is 0 Å². The zero-order chi connectivity index (χ0) is 12.8. The Labute approximate surface area is 107 Å². The number of likely N-dealkylation sites (N-methyl/N-ethyl adjacent to an activating group) is 1. The molecular formula is C11H12BrNO4. The Morgan fingerprint density at radius 2 is 2.18 bits per heavy atom. The number of amides is 1. The maximum Gasteiger partial charge on any atom is 0.336 e. The number of hydrogen-bond acceptors (Lipinski definition) is 3. The van der Waals surface area contributed by atoms with E-state index in [0.29, 0.717) is 16.8 Å². The highest BCUT2D eigenvalue weighted by Crippen LogP contribution is 2.22. The first kappa shape index (κ1) is 13.5. The third kappa shape index (κ3) is 4.07. The van der Waals surface area contributed by atoms with E-state index in [-0.39, 0.29) is 18.1 Å². The second-order valence-corrected chi connectivity index (χ2v) is 4.04. The monoisotopic (exact) mass is 301 g/mol. The number of hydrogen-bond donors (Lipinski definition) is 2. The molecule has 1 aromatic carbocycles. The van der Waals surface area contributed by atoms with E-state index in [9.17, 15) is 9.59 Å². The number of carbonyl (C=O) groups is 2. The number of carbonyl (C=O) groups excluding carboxylic acids is 1. The van der Waals surface area contributed by atoms with Gasteiger partial charge >= 0.3 is 5.97 Å². The molecule has 1 aromatic rings. The van der Waals surface area contributed by atoms with Crippen LogP contribution in [0.1, 0.15) is 17.3 Å². The molecule has 0 atom stereocenters. The molecule has 92 valence electrons. The van der Waals surface area contributed by atoms with Gasteiger partial charge in [0.15, 0.2) is 6.61 Å². The van der Waals surface area contributed by atoms with Gasteiger partial charge in [0, 0.05) is 11.0 Å². The Balaban J connectivity index is 2.69. The van der Waals surface area contributed by atoms with Gasteiger partial charge in [0.25, 0.3) is 5.91 Å². The zero-order valence-electron chi connectivity index (χ0n) is 9.20. The van der Waals surface area contributed by atoms with Crippen molar-refractivity contribution in [2.75, 3.05) is 13.2 Å². The van der Waals surface area contributed by atoms with Gasteiger partial charge < -0.3 is 15.2 Å². The van der Waals surface area contributed by atoms with Gasteiger partial charge in [-0.15, -0.1) is 0 Å². The van der Waals surface area contributed by atoms with E-state index in [1.54, 1.807) is 19.1 Å². The fourth-order valence-corrected chi connectivity index (χ4v) is 1.57. The third-order valence-electron chi connectivity index (χ3n) is 1.91.